The highest BCUT2D eigenvalue weighted by atomic mass is 32.2. The van der Waals surface area contributed by atoms with Gasteiger partial charge in [-0.3, -0.25) is 47.9 Å². The lowest BCUT2D eigenvalue weighted by Crippen LogP contribution is -2.60. The summed E-state index contributed by atoms with van der Waals surface area (Å²) in [6, 6.07) is -7.28. The Hall–Kier alpha value is -5.92. The summed E-state index contributed by atoms with van der Waals surface area (Å²) in [7, 11) is 0. The van der Waals surface area contributed by atoms with Gasteiger partial charge in [-0.05, 0) is 162 Å². The van der Waals surface area contributed by atoms with Crippen molar-refractivity contribution < 1.29 is 52.7 Å². The minimum Gasteiger partial charge on any atom is -0.356 e. The van der Waals surface area contributed by atoms with Gasteiger partial charge in [0.05, 0.1) is 12.1 Å². The number of unbranched alkanes of at least 4 members (excludes halogenated alkanes) is 11. The van der Waals surface area contributed by atoms with Crippen molar-refractivity contribution in [2.45, 2.75) is 247 Å². The molecule has 0 radical (unpaired) electrons. The summed E-state index contributed by atoms with van der Waals surface area (Å²) in [5, 5.41) is 43.6. The second-order valence-corrected chi connectivity index (χ2v) is 25.3. The lowest BCUT2D eigenvalue weighted by atomic mass is 10.0. The Morgan fingerprint density at radius 2 is 0.659 bits per heavy atom. The molecule has 3 aliphatic heterocycles. The van der Waals surface area contributed by atoms with E-state index in [1.54, 1.807) is 0 Å². The van der Waals surface area contributed by atoms with Crippen molar-refractivity contribution in [3.63, 3.8) is 0 Å². The number of carbonyl (C=O) groups excluding carboxylic acids is 11. The van der Waals surface area contributed by atoms with Crippen LogP contribution in [0.25, 0.3) is 0 Å². The molecule has 91 heavy (non-hydrogen) atoms. The molecule has 12 amide bonds. The highest BCUT2D eigenvalue weighted by Gasteiger charge is 2.42. The predicted molar refractivity (Wildman–Crippen MR) is 351 cm³/mol. The molecule has 9 atom stereocenters. The third-order valence-corrected chi connectivity index (χ3v) is 17.8. The lowest BCUT2D eigenvalue weighted by molar-refractivity contribution is -0.136. The Labute approximate surface area is 543 Å². The van der Waals surface area contributed by atoms with Crippen LogP contribution in [0.2, 0.25) is 0 Å². The zero-order valence-electron chi connectivity index (χ0n) is 54.4. The van der Waals surface area contributed by atoms with Crippen LogP contribution in [-0.2, 0) is 47.9 Å². The van der Waals surface area contributed by atoms with Crippen LogP contribution in [0, 0.1) is 0 Å². The number of rotatable bonds is 46. The van der Waals surface area contributed by atoms with Crippen LogP contribution in [0.4, 0.5) is 4.79 Å². The molecular weight excluding hydrogens is 1190 g/mol. The molecule has 0 spiro atoms. The van der Waals surface area contributed by atoms with Gasteiger partial charge in [0.1, 0.15) is 36.3 Å². The maximum absolute atomic E-state index is 14.6. The predicted octanol–water partition coefficient (Wildman–Crippen LogP) is -0.981. The average Bonchev–Trinajstić information content (AvgIpc) is 2.17. The van der Waals surface area contributed by atoms with E-state index in [1.807, 2.05) is 11.8 Å². The molecule has 0 aromatic heterocycles. The normalized spacial score (nSPS) is 22.3. The van der Waals surface area contributed by atoms with E-state index in [0.29, 0.717) is 142 Å². The van der Waals surface area contributed by atoms with Crippen LogP contribution >= 0.6 is 11.8 Å². The quantitative estimate of drug-likeness (QED) is 0.0198. The molecule has 0 aromatic rings. The number of hydrogen-bond acceptors (Lipinski definition) is 18. The van der Waals surface area contributed by atoms with Crippen LogP contribution in [0.15, 0.2) is 0 Å². The van der Waals surface area contributed by atoms with Crippen LogP contribution in [0.3, 0.4) is 0 Å². The van der Waals surface area contributed by atoms with E-state index in [0.717, 1.165) is 76.8 Å². The first-order valence-corrected chi connectivity index (χ1v) is 34.8. The molecule has 0 saturated carbocycles. The number of thioether (sulfide) groups is 1. The molecule has 0 aromatic carbocycles. The van der Waals surface area contributed by atoms with Crippen LogP contribution in [-0.4, -0.2) is 190 Å². The van der Waals surface area contributed by atoms with E-state index in [4.69, 9.17) is 17.2 Å². The maximum Gasteiger partial charge on any atom is 0.315 e. The molecule has 2 unspecified atom stereocenters. The van der Waals surface area contributed by atoms with E-state index in [2.05, 4.69) is 79.8 Å². The molecule has 3 heterocycles. The van der Waals surface area contributed by atoms with E-state index >= 15 is 0 Å². The van der Waals surface area contributed by atoms with Crippen LogP contribution in [0.5, 0.6) is 0 Å². The Morgan fingerprint density at radius 3 is 1.00 bits per heavy atom. The number of fused-ring (bicyclic) bond motifs is 1. The summed E-state index contributed by atoms with van der Waals surface area (Å²) in [6.45, 7) is 7.55. The molecule has 30 heteroatoms. The van der Waals surface area contributed by atoms with Crippen molar-refractivity contribution in [1.82, 2.24) is 79.8 Å². The Kier molecular flexibility index (Phi) is 42.5. The number of carbonyl (C=O) groups is 11. The molecule has 520 valence electrons. The second-order valence-electron chi connectivity index (χ2n) is 24.0. The van der Waals surface area contributed by atoms with E-state index in [9.17, 15) is 52.7 Å². The van der Waals surface area contributed by atoms with Gasteiger partial charge in [-0.1, -0.05) is 25.7 Å². The van der Waals surface area contributed by atoms with Crippen molar-refractivity contribution in [2.24, 2.45) is 17.2 Å². The Morgan fingerprint density at radius 1 is 0.363 bits per heavy atom. The fourth-order valence-electron chi connectivity index (χ4n) is 10.8. The summed E-state index contributed by atoms with van der Waals surface area (Å²) in [5.41, 5.74) is 16.5. The standard InChI is InChI=1S/C61H114N18O11S/c1-42-55(84)74-44(22-11-18-34-68-50(80)27-6-3-15-31-65-39-62)57(86)72-43(2)56(85)75-46(24-13-20-36-70-52(82)29-8-5-17-33-67-41-64)59(88)77-47(25-14-21-37-71-53(83)30-10-9-26-49-54-48(38-91-49)78-61(90)79-54)60(89)76-45(58(87)73-42)23-12-19-35-69-51(81)28-7-4-16-32-66-40-63/h42-49,54,65-67H,3-41,62-64H2,1-2H3,(H,68,80)(H,69,81)(H,70,82)(H,71,83)(H,72,86)(H,73,87)(H,74,84)(H,75,85)(H,76,89)(H,77,88)(H2,78,79,90)/t42-,43-,44+,45+,46+,47-,48?,49+,54?/m1/s1. The largest absolute Gasteiger partial charge is 0.356 e. The first-order valence-electron chi connectivity index (χ1n) is 33.8. The van der Waals surface area contributed by atoms with Gasteiger partial charge in [-0.15, -0.1) is 0 Å². The minimum absolute atomic E-state index is 0.0628. The van der Waals surface area contributed by atoms with Gasteiger partial charge in [0.15, 0.2) is 0 Å². The molecule has 3 fully saturated rings. The summed E-state index contributed by atoms with van der Waals surface area (Å²) < 4.78 is 0. The number of nitrogens with one attached hydrogen (secondary N) is 15. The molecule has 3 aliphatic rings. The van der Waals surface area contributed by atoms with Gasteiger partial charge < -0.3 is 97.0 Å². The summed E-state index contributed by atoms with van der Waals surface area (Å²) in [4.78, 5) is 148. The van der Waals surface area contributed by atoms with Crippen molar-refractivity contribution in [2.75, 3.05) is 71.6 Å². The second kappa shape index (κ2) is 48.8. The topological polar surface area (TPSA) is 446 Å². The van der Waals surface area contributed by atoms with E-state index < -0.39 is 71.7 Å². The van der Waals surface area contributed by atoms with Crippen molar-refractivity contribution in [3.8, 4) is 0 Å². The maximum atomic E-state index is 14.6. The monoisotopic (exact) mass is 1310 g/mol. The van der Waals surface area contributed by atoms with Crippen molar-refractivity contribution >= 4 is 76.9 Å². The number of nitrogens with two attached hydrogens (primary N) is 3. The fraction of sp³-hybridized carbons (Fsp3) is 0.820. The summed E-state index contributed by atoms with van der Waals surface area (Å²) in [6.07, 6.45) is 14.6. The van der Waals surface area contributed by atoms with Crippen molar-refractivity contribution in [1.29, 1.82) is 0 Å². The molecule has 29 nitrogen and oxygen atoms in total. The SMILES string of the molecule is C[C@H]1NC(=O)[C@H](CCCCNC(=O)CCCCCNCN)NC(=O)[C@@H](CCCCNC(=O)CCCC[C@@H]2SCC3NC(=O)NC32)NC(=O)[C@H](CCCCNC(=O)CCCCCNCN)NC(=O)[C@@H](C)NC(=O)[C@H](CCCCNC(=O)CCCCCNCN)NC1=O. The fourth-order valence-corrected chi connectivity index (χ4v) is 12.4. The van der Waals surface area contributed by atoms with Crippen molar-refractivity contribution in [3.05, 3.63) is 0 Å². The first-order chi connectivity index (χ1) is 43.9. The molecule has 0 aliphatic carbocycles. The Balaban J connectivity index is 1.81. The van der Waals surface area contributed by atoms with Gasteiger partial charge in [-0.25, -0.2) is 4.79 Å². The average molecular weight is 1310 g/mol. The van der Waals surface area contributed by atoms with Gasteiger partial charge in [-0.2, -0.15) is 11.8 Å². The molecule has 3 rings (SSSR count). The highest BCUT2D eigenvalue weighted by molar-refractivity contribution is 8.00. The molecule has 3 saturated heterocycles. The van der Waals surface area contributed by atoms with Crippen LogP contribution < -0.4 is 97.0 Å². The summed E-state index contributed by atoms with van der Waals surface area (Å²) in [5.74, 6) is -3.86. The number of urea groups is 1. The molecule has 0 bridgehead atoms. The first kappa shape index (κ1) is 79.3. The van der Waals surface area contributed by atoms with Gasteiger partial charge in [0.2, 0.25) is 59.1 Å². The third kappa shape index (κ3) is 35.6. The highest BCUT2D eigenvalue weighted by Crippen LogP contribution is 2.33. The van der Waals surface area contributed by atoms with Gasteiger partial charge in [0.25, 0.3) is 0 Å². The van der Waals surface area contributed by atoms with Gasteiger partial charge in [0, 0.05) is 82.9 Å². The zero-order valence-corrected chi connectivity index (χ0v) is 55.2. The minimum atomic E-state index is -1.25. The zero-order chi connectivity index (χ0) is 66.4. The summed E-state index contributed by atoms with van der Waals surface area (Å²) >= 11 is 1.82. The number of amides is 12. The third-order valence-electron chi connectivity index (χ3n) is 16.3. The smallest absolute Gasteiger partial charge is 0.315 e. The number of hydrogen-bond donors (Lipinski definition) is 18. The lowest BCUT2D eigenvalue weighted by Gasteiger charge is -2.28. The Bertz CT molecular complexity index is 2170. The van der Waals surface area contributed by atoms with Gasteiger partial charge >= 0.3 is 6.03 Å². The van der Waals surface area contributed by atoms with Crippen LogP contribution in [0.1, 0.15) is 194 Å². The molecule has 21 N–H and O–H groups in total. The van der Waals surface area contributed by atoms with E-state index in [-0.39, 0.29) is 79.2 Å². The van der Waals surface area contributed by atoms with E-state index in [1.165, 1.54) is 13.8 Å². The molecular formula is C61H114N18O11S.